The lowest BCUT2D eigenvalue weighted by Crippen LogP contribution is -2.22. The number of nitrogens with one attached hydrogen (secondary N) is 1. The number of benzene rings is 1. The van der Waals surface area contributed by atoms with E-state index in [0.717, 1.165) is 11.8 Å². The number of amides is 1. The summed E-state index contributed by atoms with van der Waals surface area (Å²) in [6.07, 6.45) is 3.66. The molecule has 90 valence electrons. The van der Waals surface area contributed by atoms with Crippen LogP contribution in [0.5, 0.6) is 0 Å². The first-order chi connectivity index (χ1) is 8.79. The van der Waals surface area contributed by atoms with Gasteiger partial charge in [-0.15, -0.1) is 0 Å². The normalized spacial score (nSPS) is 9.78. The Morgan fingerprint density at radius 3 is 2.56 bits per heavy atom. The molecule has 0 bridgehead atoms. The minimum absolute atomic E-state index is 0.204. The molecule has 2 aromatic rings. The van der Waals surface area contributed by atoms with Gasteiger partial charge < -0.3 is 5.32 Å². The fourth-order valence-corrected chi connectivity index (χ4v) is 1.42. The maximum atomic E-state index is 11.7. The van der Waals surface area contributed by atoms with Crippen LogP contribution < -0.4 is 5.32 Å². The highest BCUT2D eigenvalue weighted by atomic mass is 16.1. The summed E-state index contributed by atoms with van der Waals surface area (Å²) in [6, 6.07) is 8.62. The molecule has 0 atom stereocenters. The van der Waals surface area contributed by atoms with Crippen molar-refractivity contribution in [2.45, 2.75) is 6.54 Å². The monoisotopic (exact) mass is 241 g/mol. The molecule has 0 radical (unpaired) electrons. The lowest BCUT2D eigenvalue weighted by Gasteiger charge is -2.04. The first-order valence-corrected chi connectivity index (χ1v) is 5.38. The molecule has 1 aromatic carbocycles. The van der Waals surface area contributed by atoms with Gasteiger partial charge in [0.1, 0.15) is 6.29 Å². The van der Waals surface area contributed by atoms with E-state index in [0.29, 0.717) is 17.7 Å². The zero-order valence-corrected chi connectivity index (χ0v) is 9.54. The molecule has 5 heteroatoms. The summed E-state index contributed by atoms with van der Waals surface area (Å²) in [6.45, 7) is 0.403. The second-order valence-electron chi connectivity index (χ2n) is 3.67. The van der Waals surface area contributed by atoms with Crippen LogP contribution in [0.3, 0.4) is 0 Å². The van der Waals surface area contributed by atoms with Gasteiger partial charge in [-0.2, -0.15) is 10.2 Å². The van der Waals surface area contributed by atoms with Gasteiger partial charge in [-0.3, -0.25) is 9.59 Å². The highest BCUT2D eigenvalue weighted by Crippen LogP contribution is 2.03. The predicted octanol–water partition coefficient (Wildman–Crippen LogP) is 1.22. The van der Waals surface area contributed by atoms with Crippen LogP contribution >= 0.6 is 0 Å². The number of hydrogen-bond acceptors (Lipinski definition) is 4. The van der Waals surface area contributed by atoms with Gasteiger partial charge in [-0.1, -0.05) is 24.3 Å². The summed E-state index contributed by atoms with van der Waals surface area (Å²) in [5, 5.41) is 9.99. The van der Waals surface area contributed by atoms with Crippen molar-refractivity contribution in [3.63, 3.8) is 0 Å². The second-order valence-corrected chi connectivity index (χ2v) is 3.67. The number of carbonyl (C=O) groups is 2. The highest BCUT2D eigenvalue weighted by molar-refractivity contribution is 5.93. The Morgan fingerprint density at radius 1 is 1.17 bits per heavy atom. The Bertz CT molecular complexity index is 538. The molecule has 0 aliphatic carbocycles. The highest BCUT2D eigenvalue weighted by Gasteiger charge is 2.04. The maximum Gasteiger partial charge on any atom is 0.253 e. The fourth-order valence-electron chi connectivity index (χ4n) is 1.42. The van der Waals surface area contributed by atoms with Gasteiger partial charge in [-0.25, -0.2) is 0 Å². The fraction of sp³-hybridized carbons (Fsp3) is 0.0769. The average Bonchev–Trinajstić information content (AvgIpc) is 2.46. The second kappa shape index (κ2) is 5.67. The zero-order chi connectivity index (χ0) is 12.8. The van der Waals surface area contributed by atoms with Crippen LogP contribution in [0, 0.1) is 0 Å². The van der Waals surface area contributed by atoms with E-state index in [1.807, 2.05) is 0 Å². The van der Waals surface area contributed by atoms with Crippen LogP contribution in [-0.4, -0.2) is 22.4 Å². The van der Waals surface area contributed by atoms with Crippen molar-refractivity contribution in [2.75, 3.05) is 0 Å². The Morgan fingerprint density at radius 2 is 1.94 bits per heavy atom. The van der Waals surface area contributed by atoms with Gasteiger partial charge in [0.2, 0.25) is 0 Å². The summed E-state index contributed by atoms with van der Waals surface area (Å²) < 4.78 is 0. The van der Waals surface area contributed by atoms with Gasteiger partial charge in [-0.05, 0) is 11.6 Å². The van der Waals surface area contributed by atoms with Gasteiger partial charge in [0.05, 0.1) is 18.0 Å². The standard InChI is InChI=1S/C13H11N3O2/c17-9-11-3-1-10(2-4-11)7-14-13(18)12-5-6-15-16-8-12/h1-6,8-9H,7H2,(H,14,18). The first kappa shape index (κ1) is 11.9. The number of aldehydes is 1. The van der Waals surface area contributed by atoms with Crippen LogP contribution in [0.15, 0.2) is 42.7 Å². The molecular formula is C13H11N3O2. The third-order valence-corrected chi connectivity index (χ3v) is 2.42. The summed E-state index contributed by atoms with van der Waals surface area (Å²) in [7, 11) is 0. The predicted molar refractivity (Wildman–Crippen MR) is 65.0 cm³/mol. The molecular weight excluding hydrogens is 230 g/mol. The lowest BCUT2D eigenvalue weighted by atomic mass is 10.1. The summed E-state index contributed by atoms with van der Waals surface area (Å²) in [5.41, 5.74) is 2.01. The first-order valence-electron chi connectivity index (χ1n) is 5.38. The lowest BCUT2D eigenvalue weighted by molar-refractivity contribution is 0.0950. The number of rotatable bonds is 4. The van der Waals surface area contributed by atoms with E-state index in [1.165, 1.54) is 12.4 Å². The summed E-state index contributed by atoms with van der Waals surface area (Å²) in [5.74, 6) is -0.204. The Hall–Kier alpha value is -2.56. The van der Waals surface area contributed by atoms with Crippen molar-refractivity contribution in [1.82, 2.24) is 15.5 Å². The summed E-state index contributed by atoms with van der Waals surface area (Å²) >= 11 is 0. The molecule has 1 amide bonds. The molecule has 0 saturated carbocycles. The van der Waals surface area contributed by atoms with E-state index < -0.39 is 0 Å². The quantitative estimate of drug-likeness (QED) is 0.817. The van der Waals surface area contributed by atoms with Crippen molar-refractivity contribution < 1.29 is 9.59 Å². The molecule has 1 aromatic heterocycles. The van der Waals surface area contributed by atoms with E-state index in [9.17, 15) is 9.59 Å². The average molecular weight is 241 g/mol. The summed E-state index contributed by atoms with van der Waals surface area (Å²) in [4.78, 5) is 22.2. The Balaban J connectivity index is 1.95. The third-order valence-electron chi connectivity index (χ3n) is 2.42. The Kier molecular flexibility index (Phi) is 3.76. The zero-order valence-electron chi connectivity index (χ0n) is 9.54. The molecule has 0 aliphatic heterocycles. The van der Waals surface area contributed by atoms with Gasteiger partial charge >= 0.3 is 0 Å². The smallest absolute Gasteiger partial charge is 0.253 e. The molecule has 1 heterocycles. The molecule has 5 nitrogen and oxygen atoms in total. The van der Waals surface area contributed by atoms with Crippen LogP contribution in [0.25, 0.3) is 0 Å². The number of carbonyl (C=O) groups excluding carboxylic acids is 2. The van der Waals surface area contributed by atoms with Crippen LogP contribution in [-0.2, 0) is 6.54 Å². The van der Waals surface area contributed by atoms with Gasteiger partial charge in [0.25, 0.3) is 5.91 Å². The molecule has 0 fully saturated rings. The minimum atomic E-state index is -0.204. The van der Waals surface area contributed by atoms with Crippen LogP contribution in [0.1, 0.15) is 26.3 Å². The molecule has 0 aliphatic rings. The van der Waals surface area contributed by atoms with Crippen molar-refractivity contribution in [3.8, 4) is 0 Å². The maximum absolute atomic E-state index is 11.7. The molecule has 18 heavy (non-hydrogen) atoms. The van der Waals surface area contributed by atoms with Crippen LogP contribution in [0.2, 0.25) is 0 Å². The molecule has 1 N–H and O–H groups in total. The SMILES string of the molecule is O=Cc1ccc(CNC(=O)c2ccnnc2)cc1. The van der Waals surface area contributed by atoms with E-state index in [2.05, 4.69) is 15.5 Å². The van der Waals surface area contributed by atoms with Crippen LogP contribution in [0.4, 0.5) is 0 Å². The van der Waals surface area contributed by atoms with Crippen molar-refractivity contribution in [1.29, 1.82) is 0 Å². The van der Waals surface area contributed by atoms with Crippen molar-refractivity contribution in [3.05, 3.63) is 59.4 Å². The molecule has 2 rings (SSSR count). The minimum Gasteiger partial charge on any atom is -0.348 e. The van der Waals surface area contributed by atoms with E-state index in [1.54, 1.807) is 30.3 Å². The largest absolute Gasteiger partial charge is 0.348 e. The van der Waals surface area contributed by atoms with Gasteiger partial charge in [0.15, 0.2) is 0 Å². The topological polar surface area (TPSA) is 72.0 Å². The Labute approximate surface area is 104 Å². The number of hydrogen-bond donors (Lipinski definition) is 1. The molecule has 0 spiro atoms. The molecule has 0 unspecified atom stereocenters. The van der Waals surface area contributed by atoms with E-state index in [-0.39, 0.29) is 5.91 Å². The van der Waals surface area contributed by atoms with Crippen molar-refractivity contribution >= 4 is 12.2 Å². The number of aromatic nitrogens is 2. The van der Waals surface area contributed by atoms with E-state index >= 15 is 0 Å². The van der Waals surface area contributed by atoms with E-state index in [4.69, 9.17) is 0 Å². The molecule has 0 saturated heterocycles. The van der Waals surface area contributed by atoms with Gasteiger partial charge in [0, 0.05) is 12.1 Å². The third kappa shape index (κ3) is 2.98. The van der Waals surface area contributed by atoms with Crippen molar-refractivity contribution in [2.24, 2.45) is 0 Å². The number of nitrogens with zero attached hydrogens (tertiary/aromatic N) is 2.